The van der Waals surface area contributed by atoms with Crippen molar-refractivity contribution in [3.63, 3.8) is 0 Å². The second-order valence-corrected chi connectivity index (χ2v) is 5.46. The Labute approximate surface area is 105 Å². The smallest absolute Gasteiger partial charge is 0.410 e. The van der Waals surface area contributed by atoms with Gasteiger partial charge in [-0.05, 0) is 34.9 Å². The minimum atomic E-state index is -0.427. The summed E-state index contributed by atoms with van der Waals surface area (Å²) in [5.74, 6) is 0. The minimum absolute atomic E-state index is 0.271. The first-order valence-corrected chi connectivity index (χ1v) is 6.02. The molecule has 0 atom stereocenters. The van der Waals surface area contributed by atoms with E-state index in [9.17, 15) is 4.79 Å². The maximum absolute atomic E-state index is 11.6. The van der Waals surface area contributed by atoms with Crippen LogP contribution >= 0.6 is 0 Å². The van der Waals surface area contributed by atoms with E-state index in [2.05, 4.69) is 10.2 Å². The summed E-state index contributed by atoms with van der Waals surface area (Å²) < 4.78 is 5.25. The minimum Gasteiger partial charge on any atom is -0.444 e. The number of amides is 1. The molecule has 5 nitrogen and oxygen atoms in total. The molecule has 0 aromatic heterocycles. The van der Waals surface area contributed by atoms with E-state index >= 15 is 0 Å². The van der Waals surface area contributed by atoms with Crippen LogP contribution in [0, 0.1) is 0 Å². The zero-order chi connectivity index (χ0) is 13.5. The monoisotopic (exact) mass is 245 g/mol. The van der Waals surface area contributed by atoms with Crippen LogP contribution in [0.1, 0.15) is 20.8 Å². The number of rotatable bonds is 6. The van der Waals surface area contributed by atoms with Crippen molar-refractivity contribution < 1.29 is 9.53 Å². The maximum atomic E-state index is 11.6. The first kappa shape index (κ1) is 16.2. The van der Waals surface area contributed by atoms with Gasteiger partial charge in [-0.25, -0.2) is 4.79 Å². The average molecular weight is 245 g/mol. The molecule has 0 radical (unpaired) electrons. The largest absolute Gasteiger partial charge is 0.444 e. The maximum Gasteiger partial charge on any atom is 0.410 e. The quantitative estimate of drug-likeness (QED) is 0.709. The number of carbonyl (C=O) groups is 1. The van der Waals surface area contributed by atoms with Crippen LogP contribution < -0.4 is 5.32 Å². The molecule has 0 aliphatic rings. The molecule has 0 heterocycles. The Morgan fingerprint density at radius 2 is 1.65 bits per heavy atom. The number of nitrogens with zero attached hydrogens (tertiary/aromatic N) is 2. The van der Waals surface area contributed by atoms with Gasteiger partial charge >= 0.3 is 6.09 Å². The van der Waals surface area contributed by atoms with E-state index in [4.69, 9.17) is 4.74 Å². The van der Waals surface area contributed by atoms with Gasteiger partial charge in [0.05, 0.1) is 0 Å². The summed E-state index contributed by atoms with van der Waals surface area (Å²) in [5.41, 5.74) is -0.427. The molecule has 0 rings (SSSR count). The molecule has 1 amide bonds. The Morgan fingerprint density at radius 1 is 1.12 bits per heavy atom. The Morgan fingerprint density at radius 3 is 2.12 bits per heavy atom. The standard InChI is InChI=1S/C12H27N3O2/c1-12(2,3)17-11(16)15(6)10-8-13-7-9-14(4)5/h13H,7-10H2,1-6H3. The van der Waals surface area contributed by atoms with Gasteiger partial charge in [0, 0.05) is 33.2 Å². The third kappa shape index (κ3) is 10.1. The summed E-state index contributed by atoms with van der Waals surface area (Å²) in [4.78, 5) is 15.3. The summed E-state index contributed by atoms with van der Waals surface area (Å²) in [5, 5.41) is 3.27. The van der Waals surface area contributed by atoms with Crippen molar-refractivity contribution in [1.82, 2.24) is 15.1 Å². The van der Waals surface area contributed by atoms with Crippen LogP contribution in [0.2, 0.25) is 0 Å². The summed E-state index contributed by atoms with van der Waals surface area (Å²) in [6, 6.07) is 0. The van der Waals surface area contributed by atoms with E-state index in [0.717, 1.165) is 19.6 Å². The van der Waals surface area contributed by atoms with Crippen molar-refractivity contribution in [2.45, 2.75) is 26.4 Å². The first-order valence-electron chi connectivity index (χ1n) is 6.02. The van der Waals surface area contributed by atoms with Crippen LogP contribution in [-0.4, -0.2) is 68.8 Å². The van der Waals surface area contributed by atoms with Gasteiger partial charge in [-0.3, -0.25) is 0 Å². The fourth-order valence-electron chi connectivity index (χ4n) is 1.11. The zero-order valence-electron chi connectivity index (χ0n) is 12.0. The first-order chi connectivity index (χ1) is 7.72. The topological polar surface area (TPSA) is 44.8 Å². The summed E-state index contributed by atoms with van der Waals surface area (Å²) in [7, 11) is 5.82. The van der Waals surface area contributed by atoms with E-state index in [-0.39, 0.29) is 6.09 Å². The van der Waals surface area contributed by atoms with Crippen molar-refractivity contribution in [1.29, 1.82) is 0 Å². The van der Waals surface area contributed by atoms with Crippen LogP contribution in [0.15, 0.2) is 0 Å². The molecule has 5 heteroatoms. The Kier molecular flexibility index (Phi) is 7.15. The van der Waals surface area contributed by atoms with Crippen molar-refractivity contribution in [2.24, 2.45) is 0 Å². The lowest BCUT2D eigenvalue weighted by Crippen LogP contribution is -2.39. The zero-order valence-corrected chi connectivity index (χ0v) is 12.0. The highest BCUT2D eigenvalue weighted by Crippen LogP contribution is 2.08. The fourth-order valence-corrected chi connectivity index (χ4v) is 1.11. The van der Waals surface area contributed by atoms with E-state index in [1.807, 2.05) is 34.9 Å². The Bertz CT molecular complexity index is 224. The summed E-state index contributed by atoms with van der Waals surface area (Å²) >= 11 is 0. The van der Waals surface area contributed by atoms with Gasteiger partial charge in [-0.2, -0.15) is 0 Å². The van der Waals surface area contributed by atoms with Gasteiger partial charge in [0.15, 0.2) is 0 Å². The van der Waals surface area contributed by atoms with Gasteiger partial charge < -0.3 is 19.9 Å². The lowest BCUT2D eigenvalue weighted by atomic mass is 10.2. The third-order valence-electron chi connectivity index (χ3n) is 2.06. The molecule has 0 aromatic rings. The van der Waals surface area contributed by atoms with Crippen LogP contribution in [0.25, 0.3) is 0 Å². The number of carbonyl (C=O) groups excluding carboxylic acids is 1. The SMILES string of the molecule is CN(C)CCNCCN(C)C(=O)OC(C)(C)C. The molecule has 0 saturated heterocycles. The van der Waals surface area contributed by atoms with Gasteiger partial charge in [-0.15, -0.1) is 0 Å². The Balaban J connectivity index is 3.65. The molecule has 0 bridgehead atoms. The molecule has 0 spiro atoms. The summed E-state index contributed by atoms with van der Waals surface area (Å²) in [6.07, 6.45) is -0.271. The normalized spacial score (nSPS) is 11.7. The van der Waals surface area contributed by atoms with Crippen LogP contribution in [0.3, 0.4) is 0 Å². The number of hydrogen-bond donors (Lipinski definition) is 1. The molecule has 0 saturated carbocycles. The molecule has 0 aliphatic heterocycles. The van der Waals surface area contributed by atoms with E-state index in [1.54, 1.807) is 11.9 Å². The molecule has 0 fully saturated rings. The van der Waals surface area contributed by atoms with Gasteiger partial charge in [0.25, 0.3) is 0 Å². The lowest BCUT2D eigenvalue weighted by molar-refractivity contribution is 0.0300. The predicted octanol–water partition coefficient (Wildman–Crippen LogP) is 1.00. The second kappa shape index (κ2) is 7.50. The highest BCUT2D eigenvalue weighted by molar-refractivity contribution is 5.67. The van der Waals surface area contributed by atoms with Crippen molar-refractivity contribution >= 4 is 6.09 Å². The number of hydrogen-bond acceptors (Lipinski definition) is 4. The number of ether oxygens (including phenoxy) is 1. The van der Waals surface area contributed by atoms with E-state index in [1.165, 1.54) is 0 Å². The number of likely N-dealkylation sites (N-methyl/N-ethyl adjacent to an activating group) is 2. The predicted molar refractivity (Wildman–Crippen MR) is 70.3 cm³/mol. The molecular weight excluding hydrogens is 218 g/mol. The third-order valence-corrected chi connectivity index (χ3v) is 2.06. The van der Waals surface area contributed by atoms with Crippen LogP contribution in [-0.2, 0) is 4.74 Å². The summed E-state index contributed by atoms with van der Waals surface area (Å²) in [6.45, 7) is 8.97. The molecular formula is C12H27N3O2. The fraction of sp³-hybridized carbons (Fsp3) is 0.917. The van der Waals surface area contributed by atoms with Gasteiger partial charge in [-0.1, -0.05) is 0 Å². The molecule has 1 N–H and O–H groups in total. The molecule has 0 aliphatic carbocycles. The average Bonchev–Trinajstić information content (AvgIpc) is 2.13. The van der Waals surface area contributed by atoms with Crippen molar-refractivity contribution in [3.8, 4) is 0 Å². The van der Waals surface area contributed by atoms with Crippen LogP contribution in [0.4, 0.5) is 4.79 Å². The van der Waals surface area contributed by atoms with Gasteiger partial charge in [0.2, 0.25) is 0 Å². The molecule has 102 valence electrons. The highest BCUT2D eigenvalue weighted by atomic mass is 16.6. The molecule has 17 heavy (non-hydrogen) atoms. The van der Waals surface area contributed by atoms with Crippen LogP contribution in [0.5, 0.6) is 0 Å². The Hall–Kier alpha value is -0.810. The van der Waals surface area contributed by atoms with Crippen molar-refractivity contribution in [3.05, 3.63) is 0 Å². The molecule has 0 aromatic carbocycles. The van der Waals surface area contributed by atoms with Crippen molar-refractivity contribution in [2.75, 3.05) is 47.3 Å². The lowest BCUT2D eigenvalue weighted by Gasteiger charge is -2.24. The molecule has 0 unspecified atom stereocenters. The van der Waals surface area contributed by atoms with E-state index < -0.39 is 5.60 Å². The number of nitrogens with one attached hydrogen (secondary N) is 1. The van der Waals surface area contributed by atoms with E-state index in [0.29, 0.717) is 6.54 Å². The highest BCUT2D eigenvalue weighted by Gasteiger charge is 2.18. The second-order valence-electron chi connectivity index (χ2n) is 5.46. The van der Waals surface area contributed by atoms with Gasteiger partial charge in [0.1, 0.15) is 5.60 Å².